The molecule has 0 saturated heterocycles. The molecule has 8 nitrogen and oxygen atoms in total. The lowest BCUT2D eigenvalue weighted by atomic mass is 9.89. The Labute approximate surface area is 245 Å². The SMILES string of the molecule is C[Si](C)(C)CCOCn1c(C(=O)N(CC(F)(F)F)[C@H]2CCC[C@@H](NC(=O)OCc3ccccc3)C2)cc2ncccc21. The van der Waals surface area contributed by atoms with Gasteiger partial charge in [-0.1, -0.05) is 50.0 Å². The Hall–Kier alpha value is -3.38. The van der Waals surface area contributed by atoms with Crippen LogP contribution in [0.5, 0.6) is 0 Å². The summed E-state index contributed by atoms with van der Waals surface area (Å²) in [5, 5.41) is 2.78. The first-order valence-electron chi connectivity index (χ1n) is 14.3. The zero-order valence-electron chi connectivity index (χ0n) is 24.3. The van der Waals surface area contributed by atoms with E-state index in [0.717, 1.165) is 16.5 Å². The van der Waals surface area contributed by atoms with Crippen molar-refractivity contribution in [3.8, 4) is 0 Å². The van der Waals surface area contributed by atoms with E-state index in [2.05, 4.69) is 29.9 Å². The number of pyridine rings is 1. The van der Waals surface area contributed by atoms with E-state index < -0.39 is 44.9 Å². The maximum Gasteiger partial charge on any atom is 0.407 e. The molecule has 2 heterocycles. The zero-order valence-corrected chi connectivity index (χ0v) is 25.3. The van der Waals surface area contributed by atoms with E-state index in [1.54, 1.807) is 22.9 Å². The van der Waals surface area contributed by atoms with E-state index in [9.17, 15) is 22.8 Å². The van der Waals surface area contributed by atoms with Crippen LogP contribution in [0.2, 0.25) is 25.7 Å². The summed E-state index contributed by atoms with van der Waals surface area (Å²) in [4.78, 5) is 31.6. The predicted octanol–water partition coefficient (Wildman–Crippen LogP) is 6.59. The monoisotopic (exact) mass is 604 g/mol. The normalized spacial score (nSPS) is 17.7. The van der Waals surface area contributed by atoms with Gasteiger partial charge in [-0.3, -0.25) is 9.78 Å². The maximum atomic E-state index is 13.9. The van der Waals surface area contributed by atoms with Crippen molar-refractivity contribution < 1.29 is 32.2 Å². The molecule has 1 aliphatic rings. The van der Waals surface area contributed by atoms with Crippen LogP contribution >= 0.6 is 0 Å². The Balaban J connectivity index is 1.50. The number of alkyl carbamates (subject to hydrolysis) is 1. The average molecular weight is 605 g/mol. The topological polar surface area (TPSA) is 85.7 Å². The molecular weight excluding hydrogens is 565 g/mol. The molecule has 0 aliphatic heterocycles. The minimum Gasteiger partial charge on any atom is -0.445 e. The van der Waals surface area contributed by atoms with Crippen LogP contribution in [-0.2, 0) is 22.8 Å². The van der Waals surface area contributed by atoms with Gasteiger partial charge in [0.25, 0.3) is 5.91 Å². The highest BCUT2D eigenvalue weighted by Gasteiger charge is 2.40. The first-order valence-corrected chi connectivity index (χ1v) is 18.0. The lowest BCUT2D eigenvalue weighted by molar-refractivity contribution is -0.146. The van der Waals surface area contributed by atoms with Crippen LogP contribution in [0.25, 0.3) is 11.0 Å². The largest absolute Gasteiger partial charge is 0.445 e. The van der Waals surface area contributed by atoms with Crippen molar-refractivity contribution in [2.75, 3.05) is 13.2 Å². The predicted molar refractivity (Wildman–Crippen MR) is 157 cm³/mol. The lowest BCUT2D eigenvalue weighted by Gasteiger charge is -2.38. The summed E-state index contributed by atoms with van der Waals surface area (Å²) >= 11 is 0. The Bertz CT molecular complexity index is 1340. The van der Waals surface area contributed by atoms with Crippen molar-refractivity contribution in [1.29, 1.82) is 0 Å². The van der Waals surface area contributed by atoms with Crippen LogP contribution in [0.4, 0.5) is 18.0 Å². The molecule has 2 amide bonds. The fourth-order valence-corrected chi connectivity index (χ4v) is 5.91. The van der Waals surface area contributed by atoms with Gasteiger partial charge in [-0.25, -0.2) is 4.79 Å². The number of ether oxygens (including phenoxy) is 2. The molecule has 0 bridgehead atoms. The van der Waals surface area contributed by atoms with E-state index in [1.807, 2.05) is 30.3 Å². The fraction of sp³-hybridized carbons (Fsp3) is 0.500. The molecular formula is C30H39F3N4O4Si. The number of alkyl halides is 3. The Morgan fingerprint density at radius 3 is 2.60 bits per heavy atom. The number of hydrogen-bond donors (Lipinski definition) is 1. The summed E-state index contributed by atoms with van der Waals surface area (Å²) in [6, 6.07) is 14.0. The molecule has 1 fully saturated rings. The molecule has 4 rings (SSSR count). The molecule has 3 aromatic rings. The third-order valence-corrected chi connectivity index (χ3v) is 9.04. The summed E-state index contributed by atoms with van der Waals surface area (Å²) < 4.78 is 54.4. The van der Waals surface area contributed by atoms with Gasteiger partial charge in [0.05, 0.1) is 11.0 Å². The summed E-state index contributed by atoms with van der Waals surface area (Å²) in [6.07, 6.45) is -1.94. The Kier molecular flexibility index (Phi) is 10.3. The second kappa shape index (κ2) is 13.7. The van der Waals surface area contributed by atoms with Crippen LogP contribution in [0.15, 0.2) is 54.7 Å². The standard InChI is InChI=1S/C30H39F3N4O4Si/c1-42(2,3)16-15-40-21-37-26-13-8-14-34-25(26)18-27(37)28(38)36(20-30(31,32)33)24-12-7-11-23(17-24)35-29(39)41-19-22-9-5-4-6-10-22/h4-6,8-10,13-14,18,23-24H,7,11-12,15-17,19-21H2,1-3H3,(H,35,39)/t23-,24+/m1/s1. The first kappa shape index (κ1) is 31.6. The third kappa shape index (κ3) is 9.06. The summed E-state index contributed by atoms with van der Waals surface area (Å²) in [5.74, 6) is -0.739. The second-order valence-corrected chi connectivity index (χ2v) is 17.6. The van der Waals surface area contributed by atoms with Crippen molar-refractivity contribution in [3.63, 3.8) is 0 Å². The highest BCUT2D eigenvalue weighted by Crippen LogP contribution is 2.30. The number of halogens is 3. The molecule has 228 valence electrons. The number of aromatic nitrogens is 2. The van der Waals surface area contributed by atoms with Gasteiger partial charge < -0.3 is 24.3 Å². The van der Waals surface area contributed by atoms with Gasteiger partial charge in [-0.2, -0.15) is 13.2 Å². The molecule has 0 radical (unpaired) electrons. The highest BCUT2D eigenvalue weighted by atomic mass is 28.3. The van der Waals surface area contributed by atoms with Crippen LogP contribution < -0.4 is 5.32 Å². The van der Waals surface area contributed by atoms with Crippen molar-refractivity contribution in [2.45, 2.75) is 83.0 Å². The number of carbonyl (C=O) groups excluding carboxylic acids is 2. The van der Waals surface area contributed by atoms with E-state index in [0.29, 0.717) is 36.9 Å². The molecule has 1 N–H and O–H groups in total. The highest BCUT2D eigenvalue weighted by molar-refractivity contribution is 6.76. The van der Waals surface area contributed by atoms with Crippen LogP contribution in [0, 0.1) is 0 Å². The Morgan fingerprint density at radius 1 is 1.12 bits per heavy atom. The lowest BCUT2D eigenvalue weighted by Crippen LogP contribution is -2.51. The van der Waals surface area contributed by atoms with Crippen LogP contribution in [0.3, 0.4) is 0 Å². The van der Waals surface area contributed by atoms with E-state index in [1.165, 1.54) is 6.07 Å². The van der Waals surface area contributed by atoms with Crippen molar-refractivity contribution >= 4 is 31.1 Å². The zero-order chi connectivity index (χ0) is 30.3. The van der Waals surface area contributed by atoms with Crippen molar-refractivity contribution in [3.05, 3.63) is 66.0 Å². The molecule has 1 saturated carbocycles. The minimum atomic E-state index is -4.60. The average Bonchev–Trinajstić information content (AvgIpc) is 3.31. The van der Waals surface area contributed by atoms with Gasteiger partial charge in [0.1, 0.15) is 25.6 Å². The van der Waals surface area contributed by atoms with E-state index in [4.69, 9.17) is 9.47 Å². The number of nitrogens with one attached hydrogen (secondary N) is 1. The number of hydrogen-bond acceptors (Lipinski definition) is 5. The van der Waals surface area contributed by atoms with Gasteiger partial charge in [-0.05, 0) is 55.5 Å². The van der Waals surface area contributed by atoms with Crippen molar-refractivity contribution in [1.82, 2.24) is 19.8 Å². The van der Waals surface area contributed by atoms with Gasteiger partial charge in [0, 0.05) is 33.0 Å². The molecule has 0 unspecified atom stereocenters. The summed E-state index contributed by atoms with van der Waals surface area (Å²) in [7, 11) is -1.36. The van der Waals surface area contributed by atoms with Crippen molar-refractivity contribution in [2.24, 2.45) is 0 Å². The molecule has 42 heavy (non-hydrogen) atoms. The number of rotatable bonds is 11. The Morgan fingerprint density at radius 2 is 1.88 bits per heavy atom. The number of fused-ring (bicyclic) bond motifs is 1. The van der Waals surface area contributed by atoms with E-state index in [-0.39, 0.29) is 25.5 Å². The molecule has 0 spiro atoms. The summed E-state index contributed by atoms with van der Waals surface area (Å²) in [5.41, 5.74) is 2.04. The quantitative estimate of drug-likeness (QED) is 0.197. The molecule has 2 aromatic heterocycles. The van der Waals surface area contributed by atoms with Gasteiger partial charge in [-0.15, -0.1) is 0 Å². The maximum absolute atomic E-state index is 13.9. The molecule has 12 heteroatoms. The van der Waals surface area contributed by atoms with Crippen LogP contribution in [0.1, 0.15) is 41.7 Å². The molecule has 1 aromatic carbocycles. The number of benzene rings is 1. The van der Waals surface area contributed by atoms with Gasteiger partial charge >= 0.3 is 12.3 Å². The minimum absolute atomic E-state index is 0.0305. The van der Waals surface area contributed by atoms with Gasteiger partial charge in [0.2, 0.25) is 0 Å². The van der Waals surface area contributed by atoms with E-state index >= 15 is 0 Å². The molecule has 1 aliphatic carbocycles. The smallest absolute Gasteiger partial charge is 0.407 e. The molecule has 2 atom stereocenters. The van der Waals surface area contributed by atoms with Crippen LogP contribution in [-0.4, -0.2) is 65.9 Å². The first-order chi connectivity index (χ1) is 19.9. The third-order valence-electron chi connectivity index (χ3n) is 7.34. The summed E-state index contributed by atoms with van der Waals surface area (Å²) in [6.45, 7) is 5.89. The number of amides is 2. The number of nitrogens with zero attached hydrogens (tertiary/aromatic N) is 3. The number of carbonyl (C=O) groups is 2. The van der Waals surface area contributed by atoms with Gasteiger partial charge in [0.15, 0.2) is 0 Å². The fourth-order valence-electron chi connectivity index (χ4n) is 5.15. The second-order valence-electron chi connectivity index (χ2n) is 12.0.